The van der Waals surface area contributed by atoms with Gasteiger partial charge in [-0.1, -0.05) is 48.5 Å². The number of para-hydroxylation sites is 1. The Morgan fingerprint density at radius 1 is 0.944 bits per heavy atom. The van der Waals surface area contributed by atoms with E-state index in [4.69, 9.17) is 8.85 Å². The number of rotatable bonds is 5. The van der Waals surface area contributed by atoms with Crippen LogP contribution in [-0.2, 0) is 4.43 Å². The molecule has 0 radical (unpaired) electrons. The minimum Gasteiger partial charge on any atom is -0.521 e. The quantitative estimate of drug-likeness (QED) is 0.838. The maximum Gasteiger partial charge on any atom is 0.416 e. The Kier molecular flexibility index (Phi) is 4.52. The smallest absolute Gasteiger partial charge is 0.416 e. The normalized spacial score (nSPS) is 13.9. The second kappa shape index (κ2) is 6.35. The fourth-order valence-corrected chi connectivity index (χ4v) is 3.13. The van der Waals surface area contributed by atoms with Gasteiger partial charge in [0.2, 0.25) is 0 Å². The molecule has 18 heavy (non-hydrogen) atoms. The lowest BCUT2D eigenvalue weighted by Gasteiger charge is -2.20. The predicted molar refractivity (Wildman–Crippen MR) is 72.6 cm³/mol. The van der Waals surface area contributed by atoms with Crippen molar-refractivity contribution >= 4 is 9.28 Å². The van der Waals surface area contributed by atoms with E-state index in [9.17, 15) is 5.11 Å². The van der Waals surface area contributed by atoms with Crippen molar-refractivity contribution in [2.75, 3.05) is 7.11 Å². The zero-order valence-corrected chi connectivity index (χ0v) is 11.3. The largest absolute Gasteiger partial charge is 0.521 e. The zero-order chi connectivity index (χ0) is 12.8. The van der Waals surface area contributed by atoms with Crippen molar-refractivity contribution in [2.24, 2.45) is 0 Å². The van der Waals surface area contributed by atoms with Gasteiger partial charge in [0.1, 0.15) is 11.5 Å². The van der Waals surface area contributed by atoms with E-state index in [1.807, 2.05) is 60.7 Å². The third-order valence-electron chi connectivity index (χ3n) is 2.63. The number of aliphatic hydroxyl groups excluding tert-OH is 1. The molecule has 0 aliphatic rings. The van der Waals surface area contributed by atoms with Gasteiger partial charge in [0.25, 0.3) is 0 Å². The van der Waals surface area contributed by atoms with Crippen LogP contribution >= 0.6 is 0 Å². The summed E-state index contributed by atoms with van der Waals surface area (Å²) in [5, 5.41) is 10.3. The van der Waals surface area contributed by atoms with E-state index in [-0.39, 0.29) is 0 Å². The van der Waals surface area contributed by atoms with Crippen LogP contribution in [-0.4, -0.2) is 21.5 Å². The zero-order valence-electron chi connectivity index (χ0n) is 10.2. The fourth-order valence-electron chi connectivity index (χ4n) is 1.68. The highest BCUT2D eigenvalue weighted by Crippen LogP contribution is 2.19. The molecule has 0 fully saturated rings. The summed E-state index contributed by atoms with van der Waals surface area (Å²) in [6.45, 7) is 0. The molecule has 2 aromatic rings. The molecular formula is C14H16O3Si. The molecule has 2 atom stereocenters. The molecule has 0 aliphatic carbocycles. The molecule has 0 aliphatic heterocycles. The van der Waals surface area contributed by atoms with E-state index in [0.29, 0.717) is 0 Å². The third-order valence-corrected chi connectivity index (χ3v) is 4.50. The molecule has 0 bridgehead atoms. The van der Waals surface area contributed by atoms with E-state index < -0.39 is 15.0 Å². The van der Waals surface area contributed by atoms with Crippen LogP contribution in [0.1, 0.15) is 11.3 Å². The highest BCUT2D eigenvalue weighted by Gasteiger charge is 2.26. The first-order valence-electron chi connectivity index (χ1n) is 5.79. The maximum atomic E-state index is 10.3. The molecular weight excluding hydrogens is 244 g/mol. The summed E-state index contributed by atoms with van der Waals surface area (Å²) in [5.41, 5.74) is 0.142. The molecule has 0 spiro atoms. The molecule has 2 rings (SSSR count). The summed E-state index contributed by atoms with van der Waals surface area (Å²) < 4.78 is 11.1. The van der Waals surface area contributed by atoms with Gasteiger partial charge in [0.05, 0.1) is 0 Å². The highest BCUT2D eigenvalue weighted by molar-refractivity contribution is 6.46. The minimum absolute atomic E-state index is 0.684. The summed E-state index contributed by atoms with van der Waals surface area (Å²) in [7, 11) is -0.629. The van der Waals surface area contributed by atoms with Gasteiger partial charge in [0.15, 0.2) is 0 Å². The lowest BCUT2D eigenvalue weighted by molar-refractivity contribution is 0.189. The lowest BCUT2D eigenvalue weighted by atomic mass is 10.2. The highest BCUT2D eigenvalue weighted by atomic mass is 28.3. The minimum atomic E-state index is -2.20. The van der Waals surface area contributed by atoms with Crippen LogP contribution in [0.3, 0.4) is 0 Å². The van der Waals surface area contributed by atoms with Crippen molar-refractivity contribution < 1.29 is 14.0 Å². The summed E-state index contributed by atoms with van der Waals surface area (Å²) in [5.74, 6) is 0.728. The molecule has 3 nitrogen and oxygen atoms in total. The van der Waals surface area contributed by atoms with Crippen molar-refractivity contribution in [2.45, 2.75) is 5.73 Å². The summed E-state index contributed by atoms with van der Waals surface area (Å²) >= 11 is 0. The summed E-state index contributed by atoms with van der Waals surface area (Å²) in [6, 6.07) is 18.9. The number of hydrogen-bond donors (Lipinski definition) is 1. The van der Waals surface area contributed by atoms with Crippen molar-refractivity contribution in [1.82, 2.24) is 0 Å². The first-order chi connectivity index (χ1) is 8.81. The lowest BCUT2D eigenvalue weighted by Crippen LogP contribution is -2.33. The molecule has 0 saturated heterocycles. The molecule has 0 amide bonds. The summed E-state index contributed by atoms with van der Waals surface area (Å²) in [4.78, 5) is 0. The maximum absolute atomic E-state index is 10.3. The molecule has 94 valence electrons. The van der Waals surface area contributed by atoms with Crippen LogP contribution in [0.15, 0.2) is 60.7 Å². The molecule has 0 heterocycles. The van der Waals surface area contributed by atoms with Crippen LogP contribution in [0, 0.1) is 0 Å². The fraction of sp³-hybridized carbons (Fsp3) is 0.143. The predicted octanol–water partition coefficient (Wildman–Crippen LogP) is 2.21. The van der Waals surface area contributed by atoms with Crippen LogP contribution < -0.4 is 4.43 Å². The van der Waals surface area contributed by atoms with Crippen LogP contribution in [0.25, 0.3) is 0 Å². The van der Waals surface area contributed by atoms with E-state index in [0.717, 1.165) is 11.3 Å². The van der Waals surface area contributed by atoms with Gasteiger partial charge in [-0.15, -0.1) is 0 Å². The van der Waals surface area contributed by atoms with Gasteiger partial charge >= 0.3 is 9.28 Å². The van der Waals surface area contributed by atoms with Crippen LogP contribution in [0.4, 0.5) is 0 Å². The van der Waals surface area contributed by atoms with E-state index in [1.165, 1.54) is 0 Å². The van der Waals surface area contributed by atoms with Gasteiger partial charge in [0, 0.05) is 7.11 Å². The molecule has 1 N–H and O–H groups in total. The van der Waals surface area contributed by atoms with E-state index in [1.54, 1.807) is 7.11 Å². The molecule has 0 saturated carbocycles. The Hall–Kier alpha value is -1.62. The van der Waals surface area contributed by atoms with Crippen molar-refractivity contribution in [3.63, 3.8) is 0 Å². The number of aliphatic hydroxyl groups is 1. The van der Waals surface area contributed by atoms with Gasteiger partial charge in [-0.2, -0.15) is 0 Å². The Morgan fingerprint density at radius 2 is 1.50 bits per heavy atom. The molecule has 2 aromatic carbocycles. The van der Waals surface area contributed by atoms with Gasteiger partial charge in [-0.05, 0) is 17.7 Å². The average Bonchev–Trinajstić information content (AvgIpc) is 2.46. The van der Waals surface area contributed by atoms with Crippen molar-refractivity contribution in [1.29, 1.82) is 0 Å². The Balaban J connectivity index is 2.09. The van der Waals surface area contributed by atoms with Crippen LogP contribution in [0.5, 0.6) is 5.75 Å². The standard InChI is InChI=1S/C14H16O3Si/c1-16-18(17-13-10-6-3-7-11-13)14(15)12-8-4-2-5-9-12/h2-11,14-15,18H,1H3. The second-order valence-corrected chi connectivity index (χ2v) is 5.97. The first kappa shape index (κ1) is 12.8. The average molecular weight is 260 g/mol. The van der Waals surface area contributed by atoms with E-state index >= 15 is 0 Å². The van der Waals surface area contributed by atoms with E-state index in [2.05, 4.69) is 0 Å². The molecule has 4 heteroatoms. The monoisotopic (exact) mass is 260 g/mol. The van der Waals surface area contributed by atoms with Crippen LogP contribution in [0.2, 0.25) is 0 Å². The van der Waals surface area contributed by atoms with Gasteiger partial charge in [-0.3, -0.25) is 0 Å². The van der Waals surface area contributed by atoms with Gasteiger partial charge in [-0.25, -0.2) is 0 Å². The summed E-state index contributed by atoms with van der Waals surface area (Å²) in [6.07, 6.45) is 0. The number of benzene rings is 2. The Morgan fingerprint density at radius 3 is 2.06 bits per heavy atom. The third kappa shape index (κ3) is 3.19. The topological polar surface area (TPSA) is 38.7 Å². The van der Waals surface area contributed by atoms with Gasteiger partial charge < -0.3 is 14.0 Å². The molecule has 2 unspecified atom stereocenters. The first-order valence-corrected chi connectivity index (χ1v) is 7.39. The second-order valence-electron chi connectivity index (χ2n) is 3.89. The van der Waals surface area contributed by atoms with Crippen molar-refractivity contribution in [3.05, 3.63) is 66.2 Å². The van der Waals surface area contributed by atoms with Crippen molar-refractivity contribution in [3.8, 4) is 5.75 Å². The molecule has 0 aromatic heterocycles. The Labute approximate surface area is 108 Å². The Bertz CT molecular complexity index is 461. The number of hydrogen-bond acceptors (Lipinski definition) is 3. The SMILES string of the molecule is CO[SiH](Oc1ccccc1)C(O)c1ccccc1.